The summed E-state index contributed by atoms with van der Waals surface area (Å²) in [7, 11) is 0. The Balaban J connectivity index is 1.89. The summed E-state index contributed by atoms with van der Waals surface area (Å²) >= 11 is 0. The van der Waals surface area contributed by atoms with Crippen LogP contribution in [0.1, 0.15) is 16.7 Å². The zero-order chi connectivity index (χ0) is 13.2. The molecule has 0 saturated heterocycles. The van der Waals surface area contributed by atoms with Crippen molar-refractivity contribution in [3.05, 3.63) is 65.2 Å². The van der Waals surface area contributed by atoms with Gasteiger partial charge in [-0.3, -0.25) is 0 Å². The second kappa shape index (κ2) is 5.06. The smallest absolute Gasteiger partial charge is 0.0430 e. The van der Waals surface area contributed by atoms with Crippen molar-refractivity contribution in [2.45, 2.75) is 25.9 Å². The third-order valence-corrected chi connectivity index (χ3v) is 3.73. The van der Waals surface area contributed by atoms with Gasteiger partial charge in [-0.05, 0) is 30.5 Å². The highest BCUT2D eigenvalue weighted by atomic mass is 15.2. The molecule has 0 fully saturated rings. The van der Waals surface area contributed by atoms with Crippen LogP contribution in [0.25, 0.3) is 0 Å². The molecule has 1 aliphatic heterocycles. The molecule has 19 heavy (non-hydrogen) atoms. The van der Waals surface area contributed by atoms with E-state index in [2.05, 4.69) is 60.4 Å². The predicted octanol–water partition coefficient (Wildman–Crippen LogP) is 2.89. The van der Waals surface area contributed by atoms with Gasteiger partial charge in [0.2, 0.25) is 0 Å². The van der Waals surface area contributed by atoms with E-state index in [1.165, 1.54) is 22.4 Å². The predicted molar refractivity (Wildman–Crippen MR) is 80.4 cm³/mol. The van der Waals surface area contributed by atoms with E-state index in [9.17, 15) is 0 Å². The van der Waals surface area contributed by atoms with E-state index in [1.807, 2.05) is 0 Å². The average Bonchev–Trinajstić information content (AvgIpc) is 2.38. The van der Waals surface area contributed by atoms with Gasteiger partial charge in [-0.25, -0.2) is 0 Å². The molecule has 2 aromatic rings. The van der Waals surface area contributed by atoms with Crippen LogP contribution in [0.5, 0.6) is 0 Å². The van der Waals surface area contributed by atoms with Gasteiger partial charge >= 0.3 is 0 Å². The topological polar surface area (TPSA) is 29.3 Å². The zero-order valence-electron chi connectivity index (χ0n) is 11.3. The van der Waals surface area contributed by atoms with E-state index in [-0.39, 0.29) is 6.04 Å². The molecule has 1 aliphatic rings. The SMILES string of the molecule is Cc1cccc(CN2CC(N)Cc3ccccc32)c1. The van der Waals surface area contributed by atoms with E-state index in [0.29, 0.717) is 0 Å². The molecule has 0 saturated carbocycles. The van der Waals surface area contributed by atoms with Crippen LogP contribution >= 0.6 is 0 Å². The summed E-state index contributed by atoms with van der Waals surface area (Å²) in [6.07, 6.45) is 0.987. The molecule has 1 heterocycles. The Kier molecular flexibility index (Phi) is 3.26. The largest absolute Gasteiger partial charge is 0.365 e. The van der Waals surface area contributed by atoms with Crippen molar-refractivity contribution in [1.82, 2.24) is 0 Å². The molecule has 2 nitrogen and oxygen atoms in total. The monoisotopic (exact) mass is 252 g/mol. The summed E-state index contributed by atoms with van der Waals surface area (Å²) < 4.78 is 0. The molecule has 1 atom stereocenters. The van der Waals surface area contributed by atoms with E-state index in [0.717, 1.165) is 19.5 Å². The normalized spacial score (nSPS) is 18.2. The van der Waals surface area contributed by atoms with Crippen LogP contribution in [0.4, 0.5) is 5.69 Å². The molecular formula is C17H20N2. The Hall–Kier alpha value is -1.80. The van der Waals surface area contributed by atoms with Crippen molar-refractivity contribution in [3.8, 4) is 0 Å². The highest BCUT2D eigenvalue weighted by Crippen LogP contribution is 2.27. The average molecular weight is 252 g/mol. The van der Waals surface area contributed by atoms with Crippen molar-refractivity contribution in [1.29, 1.82) is 0 Å². The quantitative estimate of drug-likeness (QED) is 0.890. The molecule has 0 spiro atoms. The summed E-state index contributed by atoms with van der Waals surface area (Å²) in [6.45, 7) is 4.01. The van der Waals surface area contributed by atoms with Crippen LogP contribution < -0.4 is 10.6 Å². The minimum atomic E-state index is 0.236. The van der Waals surface area contributed by atoms with E-state index in [1.54, 1.807) is 0 Å². The van der Waals surface area contributed by atoms with Crippen LogP contribution in [0.15, 0.2) is 48.5 Å². The first-order chi connectivity index (χ1) is 9.22. The summed E-state index contributed by atoms with van der Waals surface area (Å²) in [6, 6.07) is 17.5. The molecule has 98 valence electrons. The summed E-state index contributed by atoms with van der Waals surface area (Å²) in [4.78, 5) is 2.40. The van der Waals surface area contributed by atoms with Crippen LogP contribution in [-0.4, -0.2) is 12.6 Å². The number of nitrogens with two attached hydrogens (primary N) is 1. The lowest BCUT2D eigenvalue weighted by Crippen LogP contribution is -2.42. The summed E-state index contributed by atoms with van der Waals surface area (Å²) in [5.41, 5.74) is 11.6. The Morgan fingerprint density at radius 2 is 2.00 bits per heavy atom. The van der Waals surface area contributed by atoms with Crippen molar-refractivity contribution < 1.29 is 0 Å². The van der Waals surface area contributed by atoms with Gasteiger partial charge in [-0.1, -0.05) is 48.0 Å². The number of hydrogen-bond donors (Lipinski definition) is 1. The Morgan fingerprint density at radius 1 is 1.16 bits per heavy atom. The molecular weight excluding hydrogens is 232 g/mol. The maximum Gasteiger partial charge on any atom is 0.0430 e. The molecule has 1 unspecified atom stereocenters. The third kappa shape index (κ3) is 2.64. The Labute approximate surface area is 114 Å². The summed E-state index contributed by atoms with van der Waals surface area (Å²) in [5.74, 6) is 0. The number of para-hydroxylation sites is 1. The number of anilines is 1. The fraction of sp³-hybridized carbons (Fsp3) is 0.294. The van der Waals surface area contributed by atoms with Gasteiger partial charge in [0.15, 0.2) is 0 Å². The zero-order valence-corrected chi connectivity index (χ0v) is 11.3. The second-order valence-electron chi connectivity index (χ2n) is 5.46. The first-order valence-electron chi connectivity index (χ1n) is 6.86. The van der Waals surface area contributed by atoms with Gasteiger partial charge in [0.25, 0.3) is 0 Å². The van der Waals surface area contributed by atoms with Gasteiger partial charge in [-0.2, -0.15) is 0 Å². The molecule has 0 bridgehead atoms. The van der Waals surface area contributed by atoms with Crippen molar-refractivity contribution in [3.63, 3.8) is 0 Å². The first-order valence-corrected chi connectivity index (χ1v) is 6.86. The van der Waals surface area contributed by atoms with Gasteiger partial charge in [0.1, 0.15) is 0 Å². The minimum Gasteiger partial charge on any atom is -0.365 e. The molecule has 0 aromatic heterocycles. The lowest BCUT2D eigenvalue weighted by Gasteiger charge is -2.34. The Morgan fingerprint density at radius 3 is 2.84 bits per heavy atom. The highest BCUT2D eigenvalue weighted by Gasteiger charge is 2.21. The number of nitrogens with zero attached hydrogens (tertiary/aromatic N) is 1. The van der Waals surface area contributed by atoms with Gasteiger partial charge in [0, 0.05) is 24.8 Å². The van der Waals surface area contributed by atoms with Gasteiger partial charge in [-0.15, -0.1) is 0 Å². The molecule has 2 aromatic carbocycles. The first kappa shape index (κ1) is 12.2. The standard InChI is InChI=1S/C17H20N2/c1-13-5-4-6-14(9-13)11-19-12-16(18)10-15-7-2-3-8-17(15)19/h2-9,16H,10-12,18H2,1H3. The highest BCUT2D eigenvalue weighted by molar-refractivity contribution is 5.56. The van der Waals surface area contributed by atoms with Crippen molar-refractivity contribution in [2.75, 3.05) is 11.4 Å². The third-order valence-electron chi connectivity index (χ3n) is 3.73. The van der Waals surface area contributed by atoms with Crippen LogP contribution in [0, 0.1) is 6.92 Å². The summed E-state index contributed by atoms with van der Waals surface area (Å²) in [5, 5.41) is 0. The maximum absolute atomic E-state index is 6.18. The Bertz CT molecular complexity index is 577. The fourth-order valence-corrected chi connectivity index (χ4v) is 2.90. The van der Waals surface area contributed by atoms with Crippen LogP contribution in [0.3, 0.4) is 0 Å². The molecule has 0 aliphatic carbocycles. The van der Waals surface area contributed by atoms with Crippen molar-refractivity contribution >= 4 is 5.69 Å². The van der Waals surface area contributed by atoms with E-state index < -0.39 is 0 Å². The van der Waals surface area contributed by atoms with Gasteiger partial charge in [0.05, 0.1) is 0 Å². The fourth-order valence-electron chi connectivity index (χ4n) is 2.90. The number of aryl methyl sites for hydroxylation is 1. The van der Waals surface area contributed by atoms with E-state index >= 15 is 0 Å². The molecule has 3 rings (SSSR count). The lowest BCUT2D eigenvalue weighted by atomic mass is 9.98. The van der Waals surface area contributed by atoms with E-state index in [4.69, 9.17) is 5.73 Å². The van der Waals surface area contributed by atoms with Crippen molar-refractivity contribution in [2.24, 2.45) is 5.73 Å². The van der Waals surface area contributed by atoms with Gasteiger partial charge < -0.3 is 10.6 Å². The minimum absolute atomic E-state index is 0.236. The maximum atomic E-state index is 6.18. The molecule has 2 heteroatoms. The van der Waals surface area contributed by atoms with Crippen LogP contribution in [-0.2, 0) is 13.0 Å². The second-order valence-corrected chi connectivity index (χ2v) is 5.46. The molecule has 0 radical (unpaired) electrons. The van der Waals surface area contributed by atoms with Crippen LogP contribution in [0.2, 0.25) is 0 Å². The number of rotatable bonds is 2. The lowest BCUT2D eigenvalue weighted by molar-refractivity contribution is 0.599. The number of fused-ring (bicyclic) bond motifs is 1. The number of hydrogen-bond acceptors (Lipinski definition) is 2. The molecule has 2 N–H and O–H groups in total. The number of benzene rings is 2. The molecule has 0 amide bonds.